The maximum Gasteiger partial charge on any atom is 0.349 e. The van der Waals surface area contributed by atoms with Crippen LogP contribution in [0, 0.1) is 5.13 Å². The van der Waals surface area contributed by atoms with E-state index in [-0.39, 0.29) is 10.6 Å². The van der Waals surface area contributed by atoms with Gasteiger partial charge in [0.15, 0.2) is 10.0 Å². The molecule has 5 heteroatoms. The molecule has 0 spiro atoms. The molecule has 60 valence electrons. The van der Waals surface area contributed by atoms with Crippen LogP contribution >= 0.6 is 11.3 Å². The quantitative estimate of drug-likeness (QED) is 0.744. The van der Waals surface area contributed by atoms with Crippen LogP contribution in [0.15, 0.2) is 6.07 Å². The first-order chi connectivity index (χ1) is 5.15. The molecule has 11 heavy (non-hydrogen) atoms. The Hall–Kier alpha value is -1.10. The van der Waals surface area contributed by atoms with Crippen LogP contribution in [0.5, 0.6) is 5.75 Å². The average Bonchev–Trinajstić information content (AvgIpc) is 2.30. The van der Waals surface area contributed by atoms with Gasteiger partial charge in [0.1, 0.15) is 5.75 Å². The minimum Gasteiger partial charge on any atom is -0.495 e. The summed E-state index contributed by atoms with van der Waals surface area (Å²) in [5.74, 6) is -1.10. The number of ether oxygens (including phenoxy) is 1. The summed E-state index contributed by atoms with van der Waals surface area (Å²) in [5.41, 5.74) is 0. The molecular formula is C6H5FO3S. The van der Waals surface area contributed by atoms with Crippen molar-refractivity contribution in [2.75, 3.05) is 7.11 Å². The molecule has 0 amide bonds. The maximum absolute atomic E-state index is 12.4. The number of aromatic carboxylic acids is 1. The van der Waals surface area contributed by atoms with Crippen LogP contribution in [0.1, 0.15) is 9.67 Å². The van der Waals surface area contributed by atoms with Gasteiger partial charge in [-0.15, -0.1) is 0 Å². The lowest BCUT2D eigenvalue weighted by molar-refractivity contribution is 0.0699. The molecule has 0 aliphatic heterocycles. The third-order valence-corrected chi connectivity index (χ3v) is 1.97. The Bertz CT molecular complexity index is 281. The van der Waals surface area contributed by atoms with E-state index in [9.17, 15) is 9.18 Å². The zero-order valence-electron chi connectivity index (χ0n) is 5.63. The number of hydrogen-bond acceptors (Lipinski definition) is 3. The molecule has 0 unspecified atom stereocenters. The number of thiophene rings is 1. The second kappa shape index (κ2) is 2.87. The lowest BCUT2D eigenvalue weighted by atomic mass is 10.4. The van der Waals surface area contributed by atoms with Gasteiger partial charge in [0.2, 0.25) is 0 Å². The molecule has 1 rings (SSSR count). The summed E-state index contributed by atoms with van der Waals surface area (Å²) < 4.78 is 17.0. The van der Waals surface area contributed by atoms with Crippen molar-refractivity contribution in [2.45, 2.75) is 0 Å². The standard InChI is InChI=1S/C6H5FO3S/c1-10-3-2-4(7)11-5(3)6(8)9/h2H,1H3,(H,8,9). The molecule has 0 fully saturated rings. The van der Waals surface area contributed by atoms with Gasteiger partial charge in [0, 0.05) is 6.07 Å². The molecule has 0 saturated heterocycles. The minimum absolute atomic E-state index is 0.0694. The fourth-order valence-electron chi connectivity index (χ4n) is 0.647. The summed E-state index contributed by atoms with van der Waals surface area (Å²) in [6.07, 6.45) is 0. The second-order valence-electron chi connectivity index (χ2n) is 1.75. The normalized spacial score (nSPS) is 9.64. The van der Waals surface area contributed by atoms with Crippen LogP contribution in [0.3, 0.4) is 0 Å². The molecule has 3 nitrogen and oxygen atoms in total. The Labute approximate surface area is 66.0 Å². The van der Waals surface area contributed by atoms with Gasteiger partial charge >= 0.3 is 5.97 Å². The lowest BCUT2D eigenvalue weighted by Crippen LogP contribution is -1.94. The minimum atomic E-state index is -1.17. The van der Waals surface area contributed by atoms with E-state index in [1.165, 1.54) is 7.11 Å². The van der Waals surface area contributed by atoms with E-state index in [0.29, 0.717) is 11.3 Å². The van der Waals surface area contributed by atoms with Crippen molar-refractivity contribution < 1.29 is 19.0 Å². The van der Waals surface area contributed by atoms with Crippen LogP contribution in [-0.4, -0.2) is 18.2 Å². The molecule has 0 bridgehead atoms. The average molecular weight is 176 g/mol. The largest absolute Gasteiger partial charge is 0.495 e. The molecule has 0 aromatic carbocycles. The predicted molar refractivity (Wildman–Crippen MR) is 37.8 cm³/mol. The number of methoxy groups -OCH3 is 1. The number of carboxylic acid groups (broad SMARTS) is 1. The van der Waals surface area contributed by atoms with Crippen LogP contribution < -0.4 is 4.74 Å². The lowest BCUT2D eigenvalue weighted by Gasteiger charge is -1.94. The van der Waals surface area contributed by atoms with Crippen molar-refractivity contribution in [3.05, 3.63) is 16.1 Å². The molecule has 1 aromatic heterocycles. The zero-order chi connectivity index (χ0) is 8.43. The van der Waals surface area contributed by atoms with Gasteiger partial charge in [0.05, 0.1) is 7.11 Å². The third kappa shape index (κ3) is 1.48. The number of carbonyl (C=O) groups is 1. The Kier molecular flexibility index (Phi) is 2.09. The molecule has 1 heterocycles. The third-order valence-electron chi connectivity index (χ3n) is 1.08. The van der Waals surface area contributed by atoms with Gasteiger partial charge in [-0.05, 0) is 0 Å². The first kappa shape index (κ1) is 8.00. The first-order valence-corrected chi connectivity index (χ1v) is 3.53. The number of halogens is 1. The Morgan fingerprint density at radius 2 is 2.45 bits per heavy atom. The van der Waals surface area contributed by atoms with Gasteiger partial charge in [-0.3, -0.25) is 0 Å². The summed E-state index contributed by atoms with van der Waals surface area (Å²) >= 11 is 0.556. The smallest absolute Gasteiger partial charge is 0.349 e. The van der Waals surface area contributed by atoms with Crippen LogP contribution in [0.25, 0.3) is 0 Å². The maximum atomic E-state index is 12.4. The Morgan fingerprint density at radius 1 is 1.82 bits per heavy atom. The number of rotatable bonds is 2. The van der Waals surface area contributed by atoms with E-state index in [1.54, 1.807) is 0 Å². The van der Waals surface area contributed by atoms with Gasteiger partial charge in [-0.2, -0.15) is 4.39 Å². The van der Waals surface area contributed by atoms with Crippen LogP contribution in [-0.2, 0) is 0 Å². The topological polar surface area (TPSA) is 46.5 Å². The highest BCUT2D eigenvalue weighted by atomic mass is 32.1. The molecule has 1 N–H and O–H groups in total. The highest BCUT2D eigenvalue weighted by molar-refractivity contribution is 7.12. The van der Waals surface area contributed by atoms with Gasteiger partial charge < -0.3 is 9.84 Å². The molecule has 0 saturated carbocycles. The molecule has 0 radical (unpaired) electrons. The second-order valence-corrected chi connectivity index (χ2v) is 2.76. The van der Waals surface area contributed by atoms with E-state index < -0.39 is 11.1 Å². The highest BCUT2D eigenvalue weighted by Crippen LogP contribution is 2.27. The van der Waals surface area contributed by atoms with E-state index >= 15 is 0 Å². The van der Waals surface area contributed by atoms with Crippen LogP contribution in [0.4, 0.5) is 4.39 Å². The van der Waals surface area contributed by atoms with E-state index in [2.05, 4.69) is 4.74 Å². The summed E-state index contributed by atoms with van der Waals surface area (Å²) in [5, 5.41) is 7.92. The van der Waals surface area contributed by atoms with Gasteiger partial charge in [-0.1, -0.05) is 11.3 Å². The Balaban J connectivity index is 3.12. The van der Waals surface area contributed by atoms with Crippen molar-refractivity contribution in [1.82, 2.24) is 0 Å². The van der Waals surface area contributed by atoms with Crippen molar-refractivity contribution in [2.24, 2.45) is 0 Å². The fourth-order valence-corrected chi connectivity index (χ4v) is 1.34. The summed E-state index contributed by atoms with van der Waals surface area (Å²) in [7, 11) is 1.30. The first-order valence-electron chi connectivity index (χ1n) is 2.71. The van der Waals surface area contributed by atoms with Crippen molar-refractivity contribution in [3.63, 3.8) is 0 Å². The molecular weight excluding hydrogens is 171 g/mol. The van der Waals surface area contributed by atoms with E-state index in [4.69, 9.17) is 5.11 Å². The van der Waals surface area contributed by atoms with E-state index in [1.807, 2.05) is 0 Å². The highest BCUT2D eigenvalue weighted by Gasteiger charge is 2.15. The van der Waals surface area contributed by atoms with Crippen LogP contribution in [0.2, 0.25) is 0 Å². The van der Waals surface area contributed by atoms with Crippen molar-refractivity contribution in [1.29, 1.82) is 0 Å². The molecule has 0 atom stereocenters. The summed E-state index contributed by atoms with van der Waals surface area (Å²) in [6.45, 7) is 0. The SMILES string of the molecule is COc1cc(F)sc1C(=O)O. The van der Waals surface area contributed by atoms with Crippen molar-refractivity contribution in [3.8, 4) is 5.75 Å². The summed E-state index contributed by atoms with van der Waals surface area (Å²) in [6, 6.07) is 1.05. The van der Waals surface area contributed by atoms with E-state index in [0.717, 1.165) is 6.07 Å². The monoisotopic (exact) mass is 176 g/mol. The fraction of sp³-hybridized carbons (Fsp3) is 0.167. The van der Waals surface area contributed by atoms with Gasteiger partial charge in [0.25, 0.3) is 0 Å². The predicted octanol–water partition coefficient (Wildman–Crippen LogP) is 1.59. The Morgan fingerprint density at radius 3 is 2.82 bits per heavy atom. The zero-order valence-corrected chi connectivity index (χ0v) is 6.44. The van der Waals surface area contributed by atoms with Crippen molar-refractivity contribution >= 4 is 17.3 Å². The molecule has 0 aliphatic carbocycles. The number of carboxylic acids is 1. The van der Waals surface area contributed by atoms with Gasteiger partial charge in [-0.25, -0.2) is 4.79 Å². The number of hydrogen-bond donors (Lipinski definition) is 1. The molecule has 1 aromatic rings. The summed E-state index contributed by atoms with van der Waals surface area (Å²) in [4.78, 5) is 10.3. The molecule has 0 aliphatic rings.